The molecule has 0 amide bonds. The zero-order chi connectivity index (χ0) is 13.1. The summed E-state index contributed by atoms with van der Waals surface area (Å²) in [7, 11) is 0. The van der Waals surface area contributed by atoms with Crippen LogP contribution in [0.5, 0.6) is 5.75 Å². The highest BCUT2D eigenvalue weighted by molar-refractivity contribution is 5.32. The van der Waals surface area contributed by atoms with Crippen LogP contribution < -0.4 is 10.7 Å². The fraction of sp³-hybridized carbons (Fsp3) is 0.267. The number of phenols is 1. The van der Waals surface area contributed by atoms with Gasteiger partial charge in [-0.2, -0.15) is 0 Å². The van der Waals surface area contributed by atoms with Crippen molar-refractivity contribution in [2.75, 3.05) is 0 Å². The molecule has 0 unspecified atom stereocenters. The topological polar surface area (TPSA) is 38.0 Å². The molecule has 94 valence electrons. The molecular weight excluding hydrogens is 224 g/mol. The van der Waals surface area contributed by atoms with Crippen molar-refractivity contribution in [2.24, 2.45) is 0 Å². The first-order valence-electron chi connectivity index (χ1n) is 6.15. The maximum absolute atomic E-state index is 9.83. The standard InChI is InChI=1S/C15H18N2O/c1-4-13-11(3)17(15(5-2)16-13)10-12-8-6-7-9-14(12)18/h4,6-9,18H,3,5,10H2,1-2H3/b13-4+. The molecule has 1 heterocycles. The number of benzene rings is 1. The van der Waals surface area contributed by atoms with Crippen LogP contribution in [-0.4, -0.2) is 14.7 Å². The van der Waals surface area contributed by atoms with Gasteiger partial charge in [-0.15, -0.1) is 0 Å². The maximum atomic E-state index is 9.83. The van der Waals surface area contributed by atoms with E-state index >= 15 is 0 Å². The lowest BCUT2D eigenvalue weighted by Gasteiger charge is -2.08. The molecule has 0 radical (unpaired) electrons. The first kappa shape index (κ1) is 12.4. The van der Waals surface area contributed by atoms with E-state index in [0.29, 0.717) is 12.3 Å². The fourth-order valence-electron chi connectivity index (χ4n) is 2.06. The van der Waals surface area contributed by atoms with Crippen LogP contribution in [-0.2, 0) is 13.0 Å². The minimum Gasteiger partial charge on any atom is -0.508 e. The number of hydrogen-bond donors (Lipinski definition) is 1. The van der Waals surface area contributed by atoms with E-state index in [1.807, 2.05) is 31.2 Å². The minimum absolute atomic E-state index is 0.315. The van der Waals surface area contributed by atoms with E-state index in [0.717, 1.165) is 28.5 Å². The van der Waals surface area contributed by atoms with Crippen molar-refractivity contribution >= 4 is 12.7 Å². The van der Waals surface area contributed by atoms with Crippen LogP contribution in [0.15, 0.2) is 24.3 Å². The Bertz CT molecular complexity index is 656. The summed E-state index contributed by atoms with van der Waals surface area (Å²) < 4.78 is 2.06. The molecule has 0 spiro atoms. The highest BCUT2D eigenvalue weighted by Gasteiger charge is 2.07. The lowest BCUT2D eigenvalue weighted by molar-refractivity contribution is 0.465. The van der Waals surface area contributed by atoms with Crippen LogP contribution in [0.25, 0.3) is 12.7 Å². The van der Waals surface area contributed by atoms with Crippen LogP contribution >= 0.6 is 0 Å². The molecule has 0 bridgehead atoms. The quantitative estimate of drug-likeness (QED) is 0.883. The van der Waals surface area contributed by atoms with Gasteiger partial charge in [0.15, 0.2) is 0 Å². The van der Waals surface area contributed by atoms with E-state index in [4.69, 9.17) is 0 Å². The van der Waals surface area contributed by atoms with Crippen LogP contribution in [0.1, 0.15) is 25.2 Å². The van der Waals surface area contributed by atoms with E-state index < -0.39 is 0 Å². The highest BCUT2D eigenvalue weighted by Crippen LogP contribution is 2.16. The molecule has 3 heteroatoms. The monoisotopic (exact) mass is 242 g/mol. The molecular formula is C15H18N2O. The Morgan fingerprint density at radius 2 is 2.11 bits per heavy atom. The average Bonchev–Trinajstić information content (AvgIpc) is 2.69. The van der Waals surface area contributed by atoms with Gasteiger partial charge in [-0.05, 0) is 13.0 Å². The molecule has 0 atom stereocenters. The van der Waals surface area contributed by atoms with Crippen LogP contribution in [0, 0.1) is 0 Å². The molecule has 0 aliphatic rings. The van der Waals surface area contributed by atoms with Gasteiger partial charge in [0.1, 0.15) is 11.6 Å². The third-order valence-electron chi connectivity index (χ3n) is 3.09. The molecule has 0 saturated heterocycles. The summed E-state index contributed by atoms with van der Waals surface area (Å²) in [6.45, 7) is 8.71. The first-order chi connectivity index (χ1) is 8.67. The third kappa shape index (κ3) is 2.16. The summed E-state index contributed by atoms with van der Waals surface area (Å²) in [6, 6.07) is 7.37. The van der Waals surface area contributed by atoms with E-state index in [1.165, 1.54) is 0 Å². The van der Waals surface area contributed by atoms with E-state index in [1.54, 1.807) is 6.07 Å². The Labute approximate surface area is 107 Å². The van der Waals surface area contributed by atoms with Crippen molar-refractivity contribution in [1.29, 1.82) is 0 Å². The molecule has 18 heavy (non-hydrogen) atoms. The zero-order valence-electron chi connectivity index (χ0n) is 10.8. The molecule has 0 saturated carbocycles. The number of phenolic OH excluding ortho intramolecular Hbond substituents is 1. The number of para-hydroxylation sites is 1. The van der Waals surface area contributed by atoms with Crippen molar-refractivity contribution in [1.82, 2.24) is 9.55 Å². The van der Waals surface area contributed by atoms with Gasteiger partial charge >= 0.3 is 0 Å². The zero-order valence-corrected chi connectivity index (χ0v) is 10.8. The summed E-state index contributed by atoms with van der Waals surface area (Å²) in [6.07, 6.45) is 2.81. The molecule has 1 N–H and O–H groups in total. The smallest absolute Gasteiger partial charge is 0.120 e. The SMILES string of the molecule is C=c1/c(=C\C)nc(CC)n1Cc1ccccc1O. The van der Waals surface area contributed by atoms with E-state index in [9.17, 15) is 5.11 Å². The van der Waals surface area contributed by atoms with E-state index in [-0.39, 0.29) is 0 Å². The normalized spacial score (nSPS) is 12.0. The van der Waals surface area contributed by atoms with Crippen molar-refractivity contribution in [2.45, 2.75) is 26.8 Å². The summed E-state index contributed by atoms with van der Waals surface area (Å²) in [5.41, 5.74) is 0.886. The second kappa shape index (κ2) is 5.08. The van der Waals surface area contributed by atoms with Gasteiger partial charge in [0, 0.05) is 12.0 Å². The van der Waals surface area contributed by atoms with Gasteiger partial charge in [0.2, 0.25) is 0 Å². The Kier molecular flexibility index (Phi) is 3.51. The van der Waals surface area contributed by atoms with Gasteiger partial charge in [-0.25, -0.2) is 4.98 Å². The lowest BCUT2D eigenvalue weighted by Crippen LogP contribution is -2.28. The molecule has 1 aromatic heterocycles. The predicted molar refractivity (Wildman–Crippen MR) is 73.7 cm³/mol. The molecule has 2 aromatic rings. The molecule has 0 fully saturated rings. The van der Waals surface area contributed by atoms with Crippen molar-refractivity contribution in [3.05, 3.63) is 46.4 Å². The van der Waals surface area contributed by atoms with Crippen LogP contribution in [0.2, 0.25) is 0 Å². The van der Waals surface area contributed by atoms with Gasteiger partial charge in [-0.1, -0.05) is 37.8 Å². The number of rotatable bonds is 3. The second-order valence-corrected chi connectivity index (χ2v) is 4.22. The predicted octanol–water partition coefficient (Wildman–Crippen LogP) is 1.41. The third-order valence-corrected chi connectivity index (χ3v) is 3.09. The molecule has 0 aliphatic carbocycles. The van der Waals surface area contributed by atoms with Gasteiger partial charge in [0.05, 0.1) is 17.2 Å². The van der Waals surface area contributed by atoms with Crippen molar-refractivity contribution in [3.8, 4) is 5.75 Å². The number of nitrogens with zero attached hydrogens (tertiary/aromatic N) is 2. The number of aryl methyl sites for hydroxylation is 1. The summed E-state index contributed by atoms with van der Waals surface area (Å²) in [5.74, 6) is 1.31. The highest BCUT2D eigenvalue weighted by atomic mass is 16.3. The number of imidazole rings is 1. The Morgan fingerprint density at radius 3 is 2.72 bits per heavy atom. The van der Waals surface area contributed by atoms with E-state index in [2.05, 4.69) is 23.1 Å². The Balaban J connectivity index is 2.50. The van der Waals surface area contributed by atoms with Crippen molar-refractivity contribution < 1.29 is 5.11 Å². The van der Waals surface area contributed by atoms with Gasteiger partial charge in [-0.3, -0.25) is 0 Å². The Hall–Kier alpha value is -2.03. The fourth-order valence-corrected chi connectivity index (χ4v) is 2.06. The molecule has 2 rings (SSSR count). The molecule has 3 nitrogen and oxygen atoms in total. The van der Waals surface area contributed by atoms with Gasteiger partial charge in [0.25, 0.3) is 0 Å². The summed E-state index contributed by atoms with van der Waals surface area (Å²) in [5, 5.41) is 11.6. The number of aromatic nitrogens is 2. The maximum Gasteiger partial charge on any atom is 0.120 e. The lowest BCUT2D eigenvalue weighted by atomic mass is 10.2. The largest absolute Gasteiger partial charge is 0.508 e. The second-order valence-electron chi connectivity index (χ2n) is 4.22. The summed E-state index contributed by atoms with van der Waals surface area (Å²) >= 11 is 0. The Morgan fingerprint density at radius 1 is 1.39 bits per heavy atom. The van der Waals surface area contributed by atoms with Gasteiger partial charge < -0.3 is 9.67 Å². The van der Waals surface area contributed by atoms with Crippen LogP contribution in [0.4, 0.5) is 0 Å². The minimum atomic E-state index is 0.315. The number of aromatic hydroxyl groups is 1. The molecule has 1 aromatic carbocycles. The first-order valence-corrected chi connectivity index (χ1v) is 6.15. The average molecular weight is 242 g/mol. The molecule has 0 aliphatic heterocycles. The number of hydrogen-bond acceptors (Lipinski definition) is 2. The van der Waals surface area contributed by atoms with Crippen LogP contribution in [0.3, 0.4) is 0 Å². The summed E-state index contributed by atoms with van der Waals surface area (Å²) in [4.78, 5) is 4.54. The van der Waals surface area contributed by atoms with Crippen molar-refractivity contribution in [3.63, 3.8) is 0 Å².